The molecule has 21 heavy (non-hydrogen) atoms. The number of nitrogens with two attached hydrogens (primary N) is 1. The van der Waals surface area contributed by atoms with Crippen molar-refractivity contribution in [2.75, 3.05) is 33.5 Å². The summed E-state index contributed by atoms with van der Waals surface area (Å²) in [5, 5.41) is 3.02. The van der Waals surface area contributed by atoms with Crippen LogP contribution < -0.4 is 15.8 Å². The number of hydrogen-bond donors (Lipinski definition) is 2. The number of nitrogens with zero attached hydrogens (tertiary/aromatic N) is 1. The average molecular weight is 314 g/mol. The van der Waals surface area contributed by atoms with E-state index in [0.29, 0.717) is 41.4 Å². The predicted molar refractivity (Wildman–Crippen MR) is 82.7 cm³/mol. The van der Waals surface area contributed by atoms with E-state index in [9.17, 15) is 9.59 Å². The van der Waals surface area contributed by atoms with E-state index in [1.54, 1.807) is 14.1 Å². The third-order valence-corrected chi connectivity index (χ3v) is 3.24. The van der Waals surface area contributed by atoms with Crippen LogP contribution in [0.4, 0.5) is 5.69 Å². The van der Waals surface area contributed by atoms with Gasteiger partial charge in [-0.25, -0.2) is 0 Å². The summed E-state index contributed by atoms with van der Waals surface area (Å²) in [6, 6.07) is 2.98. The smallest absolute Gasteiger partial charge is 0.255 e. The zero-order chi connectivity index (χ0) is 16.0. The summed E-state index contributed by atoms with van der Waals surface area (Å²) in [4.78, 5) is 25.0. The maximum atomic E-state index is 12.1. The van der Waals surface area contributed by atoms with Gasteiger partial charge in [0.1, 0.15) is 5.75 Å². The number of amides is 2. The van der Waals surface area contributed by atoms with E-state index in [1.165, 1.54) is 24.1 Å². The Balaban J connectivity index is 2.60. The molecule has 6 nitrogen and oxygen atoms in total. The maximum absolute atomic E-state index is 12.1. The lowest BCUT2D eigenvalue weighted by Gasteiger charge is -2.12. The summed E-state index contributed by atoms with van der Waals surface area (Å²) in [5.41, 5.74) is 6.33. The summed E-state index contributed by atoms with van der Waals surface area (Å²) < 4.78 is 5.12. The van der Waals surface area contributed by atoms with Crippen LogP contribution in [0.15, 0.2) is 12.1 Å². The van der Waals surface area contributed by atoms with Crippen LogP contribution in [0.5, 0.6) is 5.75 Å². The van der Waals surface area contributed by atoms with Crippen molar-refractivity contribution in [3.63, 3.8) is 0 Å². The molecule has 2 amide bonds. The molecule has 1 rings (SSSR count). The topological polar surface area (TPSA) is 84.7 Å². The molecule has 0 heterocycles. The van der Waals surface area contributed by atoms with Gasteiger partial charge < -0.3 is 20.7 Å². The molecule has 0 saturated carbocycles. The van der Waals surface area contributed by atoms with Crippen LogP contribution in [-0.4, -0.2) is 44.5 Å². The molecule has 116 valence electrons. The summed E-state index contributed by atoms with van der Waals surface area (Å²) in [7, 11) is 4.85. The quantitative estimate of drug-likeness (QED) is 0.616. The molecule has 3 N–H and O–H groups in total. The molecule has 0 spiro atoms. The largest absolute Gasteiger partial charge is 0.496 e. The monoisotopic (exact) mass is 313 g/mol. The lowest BCUT2D eigenvalue weighted by Crippen LogP contribution is -2.27. The molecule has 0 fully saturated rings. The SMILES string of the molecule is COc1cc(N)c(Cl)cc1C(=O)NCCCC(=O)N(C)C. The number of nitrogen functional groups attached to an aromatic ring is 1. The molecule has 0 aliphatic heterocycles. The first-order valence-electron chi connectivity index (χ1n) is 6.48. The zero-order valence-electron chi connectivity index (χ0n) is 12.4. The van der Waals surface area contributed by atoms with Crippen LogP contribution in [0, 0.1) is 0 Å². The van der Waals surface area contributed by atoms with Gasteiger partial charge >= 0.3 is 0 Å². The molecule has 0 aliphatic rings. The van der Waals surface area contributed by atoms with Crippen LogP contribution in [0.1, 0.15) is 23.2 Å². The van der Waals surface area contributed by atoms with E-state index in [-0.39, 0.29) is 11.8 Å². The molecule has 0 unspecified atom stereocenters. The second-order valence-electron chi connectivity index (χ2n) is 4.72. The van der Waals surface area contributed by atoms with Crippen molar-refractivity contribution in [3.8, 4) is 5.75 Å². The van der Waals surface area contributed by atoms with Crippen molar-refractivity contribution in [2.45, 2.75) is 12.8 Å². The third-order valence-electron chi connectivity index (χ3n) is 2.92. The molecule has 0 aromatic heterocycles. The normalized spacial score (nSPS) is 10.1. The van der Waals surface area contributed by atoms with Gasteiger partial charge in [-0.3, -0.25) is 9.59 Å². The minimum atomic E-state index is -0.314. The predicted octanol–water partition coefficient (Wildman–Crippen LogP) is 1.53. The fraction of sp³-hybridized carbons (Fsp3) is 0.429. The highest BCUT2D eigenvalue weighted by Gasteiger charge is 2.14. The first-order valence-corrected chi connectivity index (χ1v) is 6.86. The zero-order valence-corrected chi connectivity index (χ0v) is 13.2. The molecule has 1 aromatic rings. The van der Waals surface area contributed by atoms with Gasteiger partial charge in [-0.15, -0.1) is 0 Å². The van der Waals surface area contributed by atoms with Crippen LogP contribution >= 0.6 is 11.6 Å². The molecule has 0 atom stereocenters. The Kier molecular flexibility index (Phi) is 6.30. The van der Waals surface area contributed by atoms with Crippen molar-refractivity contribution >= 4 is 29.1 Å². The van der Waals surface area contributed by atoms with Gasteiger partial charge in [-0.2, -0.15) is 0 Å². The number of rotatable bonds is 6. The van der Waals surface area contributed by atoms with Crippen LogP contribution in [0.3, 0.4) is 0 Å². The number of carbonyl (C=O) groups is 2. The number of carbonyl (C=O) groups excluding carboxylic acids is 2. The summed E-state index contributed by atoms with van der Waals surface area (Å²) in [6.07, 6.45) is 0.945. The molecule has 0 bridgehead atoms. The lowest BCUT2D eigenvalue weighted by atomic mass is 10.1. The second kappa shape index (κ2) is 7.73. The molecule has 0 radical (unpaired) electrons. The van der Waals surface area contributed by atoms with Crippen LogP contribution in [0.25, 0.3) is 0 Å². The molecular weight excluding hydrogens is 294 g/mol. The van der Waals surface area contributed by atoms with E-state index in [2.05, 4.69) is 5.32 Å². The summed E-state index contributed by atoms with van der Waals surface area (Å²) >= 11 is 5.91. The van der Waals surface area contributed by atoms with Crippen molar-refractivity contribution < 1.29 is 14.3 Å². The number of anilines is 1. The summed E-state index contributed by atoms with van der Waals surface area (Å²) in [5.74, 6) is 0.0715. The minimum absolute atomic E-state index is 0.0253. The van der Waals surface area contributed by atoms with Crippen molar-refractivity contribution in [3.05, 3.63) is 22.7 Å². The number of hydrogen-bond acceptors (Lipinski definition) is 4. The van der Waals surface area contributed by atoms with Crippen molar-refractivity contribution in [1.29, 1.82) is 0 Å². The van der Waals surface area contributed by atoms with E-state index in [1.807, 2.05) is 0 Å². The van der Waals surface area contributed by atoms with Crippen LogP contribution in [0.2, 0.25) is 5.02 Å². The second-order valence-corrected chi connectivity index (χ2v) is 5.13. The first-order chi connectivity index (χ1) is 9.86. The van der Waals surface area contributed by atoms with Gasteiger partial charge in [0, 0.05) is 33.1 Å². The Bertz CT molecular complexity index is 532. The summed E-state index contributed by atoms with van der Waals surface area (Å²) in [6.45, 7) is 0.392. The van der Waals surface area contributed by atoms with E-state index in [4.69, 9.17) is 22.1 Å². The van der Waals surface area contributed by atoms with Gasteiger partial charge in [0.15, 0.2) is 0 Å². The minimum Gasteiger partial charge on any atom is -0.496 e. The van der Waals surface area contributed by atoms with Gasteiger partial charge in [0.2, 0.25) is 5.91 Å². The number of methoxy groups -OCH3 is 1. The Hall–Kier alpha value is -1.95. The molecule has 1 aromatic carbocycles. The molecule has 0 aliphatic carbocycles. The molecular formula is C14H20ClN3O3. The number of nitrogens with one attached hydrogen (secondary N) is 1. The van der Waals surface area contributed by atoms with E-state index >= 15 is 0 Å². The van der Waals surface area contributed by atoms with Gasteiger partial charge in [0.25, 0.3) is 5.91 Å². The fourth-order valence-electron chi connectivity index (χ4n) is 1.68. The Morgan fingerprint density at radius 3 is 2.62 bits per heavy atom. The standard InChI is InChI=1S/C14H20ClN3O3/c1-18(2)13(19)5-4-6-17-14(20)9-7-10(15)11(16)8-12(9)21-3/h7-8H,4-6,16H2,1-3H3,(H,17,20). The maximum Gasteiger partial charge on any atom is 0.255 e. The Labute approximate surface area is 129 Å². The molecule has 0 saturated heterocycles. The highest BCUT2D eigenvalue weighted by Crippen LogP contribution is 2.28. The lowest BCUT2D eigenvalue weighted by molar-refractivity contribution is -0.128. The average Bonchev–Trinajstić information content (AvgIpc) is 2.45. The van der Waals surface area contributed by atoms with E-state index in [0.717, 1.165) is 0 Å². The Morgan fingerprint density at radius 1 is 1.38 bits per heavy atom. The first kappa shape index (κ1) is 17.1. The highest BCUT2D eigenvalue weighted by molar-refractivity contribution is 6.33. The molecule has 7 heteroatoms. The highest BCUT2D eigenvalue weighted by atomic mass is 35.5. The van der Waals surface area contributed by atoms with Crippen LogP contribution in [-0.2, 0) is 4.79 Å². The van der Waals surface area contributed by atoms with Gasteiger partial charge in [-0.05, 0) is 12.5 Å². The fourth-order valence-corrected chi connectivity index (χ4v) is 1.84. The van der Waals surface area contributed by atoms with Gasteiger partial charge in [-0.1, -0.05) is 11.6 Å². The van der Waals surface area contributed by atoms with Crippen molar-refractivity contribution in [2.24, 2.45) is 0 Å². The number of ether oxygens (including phenoxy) is 1. The Morgan fingerprint density at radius 2 is 2.05 bits per heavy atom. The number of halogens is 1. The van der Waals surface area contributed by atoms with Crippen molar-refractivity contribution in [1.82, 2.24) is 10.2 Å². The van der Waals surface area contributed by atoms with Gasteiger partial charge in [0.05, 0.1) is 23.4 Å². The van der Waals surface area contributed by atoms with E-state index < -0.39 is 0 Å². The number of benzene rings is 1. The third kappa shape index (κ3) is 4.82.